The summed E-state index contributed by atoms with van der Waals surface area (Å²) in [7, 11) is 0. The molecule has 1 aliphatic rings. The van der Waals surface area contributed by atoms with E-state index in [4.69, 9.17) is 0 Å². The summed E-state index contributed by atoms with van der Waals surface area (Å²) in [5.74, 6) is 1.73. The predicted octanol–water partition coefficient (Wildman–Crippen LogP) is 0.688. The molecular weight excluding hydrogens is 230 g/mol. The molecule has 3 heterocycles. The average Bonchev–Trinajstić information content (AvgIpc) is 2.82. The Balaban J connectivity index is 2.09. The monoisotopic (exact) mass is 245 g/mol. The van der Waals surface area contributed by atoms with E-state index in [0.717, 1.165) is 36.7 Å². The highest BCUT2D eigenvalue weighted by Gasteiger charge is 2.23. The van der Waals surface area contributed by atoms with Crippen LogP contribution in [0.25, 0.3) is 11.4 Å². The summed E-state index contributed by atoms with van der Waals surface area (Å²) in [6, 6.07) is 3.66. The van der Waals surface area contributed by atoms with Crippen LogP contribution < -0.4 is 10.9 Å². The summed E-state index contributed by atoms with van der Waals surface area (Å²) in [4.78, 5) is 14.0. The van der Waals surface area contributed by atoms with Crippen molar-refractivity contribution in [3.8, 4) is 11.4 Å². The normalized spacial score (nSPS) is 18.6. The van der Waals surface area contributed by atoms with Gasteiger partial charge >= 0.3 is 0 Å². The first-order valence-corrected chi connectivity index (χ1v) is 6.15. The second kappa shape index (κ2) is 4.38. The lowest BCUT2D eigenvalue weighted by Crippen LogP contribution is -2.33. The SMILES string of the molecule is CCC1NCCn2c(-c3cc[nH]c(=O)c3)nnc21. The van der Waals surface area contributed by atoms with E-state index in [2.05, 4.69) is 32.0 Å². The largest absolute Gasteiger partial charge is 0.329 e. The zero-order valence-corrected chi connectivity index (χ0v) is 10.2. The summed E-state index contributed by atoms with van der Waals surface area (Å²) >= 11 is 0. The van der Waals surface area contributed by atoms with Gasteiger partial charge in [0.15, 0.2) is 11.6 Å². The number of pyridine rings is 1. The zero-order chi connectivity index (χ0) is 12.5. The van der Waals surface area contributed by atoms with Gasteiger partial charge in [0.05, 0.1) is 6.04 Å². The average molecular weight is 245 g/mol. The van der Waals surface area contributed by atoms with Crippen molar-refractivity contribution in [3.05, 3.63) is 34.5 Å². The number of aromatic nitrogens is 4. The van der Waals surface area contributed by atoms with E-state index in [1.165, 1.54) is 0 Å². The van der Waals surface area contributed by atoms with Gasteiger partial charge in [0.25, 0.3) is 0 Å². The first-order valence-electron chi connectivity index (χ1n) is 6.15. The predicted molar refractivity (Wildman–Crippen MR) is 67.1 cm³/mol. The van der Waals surface area contributed by atoms with Crippen molar-refractivity contribution in [1.29, 1.82) is 0 Å². The van der Waals surface area contributed by atoms with Crippen molar-refractivity contribution >= 4 is 0 Å². The molecule has 1 aliphatic heterocycles. The van der Waals surface area contributed by atoms with Crippen LogP contribution in [0.1, 0.15) is 25.2 Å². The van der Waals surface area contributed by atoms with Gasteiger partial charge in [-0.1, -0.05) is 6.92 Å². The molecule has 0 aromatic carbocycles. The lowest BCUT2D eigenvalue weighted by atomic mass is 10.1. The molecule has 0 amide bonds. The lowest BCUT2D eigenvalue weighted by molar-refractivity contribution is 0.407. The number of rotatable bonds is 2. The molecule has 3 rings (SSSR count). The number of aromatic amines is 1. The fourth-order valence-electron chi connectivity index (χ4n) is 2.36. The molecule has 2 aromatic rings. The third kappa shape index (κ3) is 1.74. The fourth-order valence-corrected chi connectivity index (χ4v) is 2.36. The first kappa shape index (κ1) is 11.2. The van der Waals surface area contributed by atoms with Gasteiger partial charge in [-0.2, -0.15) is 0 Å². The van der Waals surface area contributed by atoms with Crippen molar-refractivity contribution in [2.75, 3.05) is 6.54 Å². The van der Waals surface area contributed by atoms with E-state index in [0.29, 0.717) is 0 Å². The van der Waals surface area contributed by atoms with Gasteiger partial charge in [0, 0.05) is 30.9 Å². The number of fused-ring (bicyclic) bond motifs is 1. The van der Waals surface area contributed by atoms with E-state index in [1.807, 2.05) is 6.07 Å². The summed E-state index contributed by atoms with van der Waals surface area (Å²) in [5, 5.41) is 11.9. The zero-order valence-electron chi connectivity index (χ0n) is 10.2. The minimum Gasteiger partial charge on any atom is -0.329 e. The molecule has 0 bridgehead atoms. The van der Waals surface area contributed by atoms with Crippen LogP contribution >= 0.6 is 0 Å². The molecule has 6 heteroatoms. The summed E-state index contributed by atoms with van der Waals surface area (Å²) in [6.45, 7) is 3.86. The Morgan fingerprint density at radius 1 is 1.50 bits per heavy atom. The molecule has 0 aliphatic carbocycles. The summed E-state index contributed by atoms with van der Waals surface area (Å²) in [5.41, 5.74) is 0.695. The van der Waals surface area contributed by atoms with Gasteiger partial charge in [-0.15, -0.1) is 10.2 Å². The molecule has 1 atom stereocenters. The van der Waals surface area contributed by atoms with Crippen molar-refractivity contribution < 1.29 is 0 Å². The molecule has 0 radical (unpaired) electrons. The number of hydrogen-bond acceptors (Lipinski definition) is 4. The Morgan fingerprint density at radius 2 is 2.39 bits per heavy atom. The van der Waals surface area contributed by atoms with Gasteiger partial charge in [-0.3, -0.25) is 4.79 Å². The highest BCUT2D eigenvalue weighted by molar-refractivity contribution is 5.54. The van der Waals surface area contributed by atoms with Crippen LogP contribution in [0, 0.1) is 0 Å². The van der Waals surface area contributed by atoms with Crippen LogP contribution in [-0.4, -0.2) is 26.3 Å². The summed E-state index contributed by atoms with van der Waals surface area (Å²) in [6.07, 6.45) is 2.62. The van der Waals surface area contributed by atoms with Gasteiger partial charge < -0.3 is 14.9 Å². The Hall–Kier alpha value is -1.95. The first-order chi connectivity index (χ1) is 8.79. The molecule has 2 N–H and O–H groups in total. The number of hydrogen-bond donors (Lipinski definition) is 2. The summed E-state index contributed by atoms with van der Waals surface area (Å²) < 4.78 is 2.10. The van der Waals surface area contributed by atoms with Crippen molar-refractivity contribution in [1.82, 2.24) is 25.1 Å². The Kier molecular flexibility index (Phi) is 2.71. The molecule has 1 unspecified atom stereocenters. The smallest absolute Gasteiger partial charge is 0.248 e. The van der Waals surface area contributed by atoms with Crippen LogP contribution in [0.3, 0.4) is 0 Å². The molecule has 6 nitrogen and oxygen atoms in total. The molecule has 18 heavy (non-hydrogen) atoms. The maximum atomic E-state index is 11.3. The Labute approximate surface area is 104 Å². The standard InChI is InChI=1S/C12H15N5O/c1-2-9-12-16-15-11(17(12)6-5-13-9)8-3-4-14-10(18)7-8/h3-4,7,9,13H,2,5-6H2,1H3,(H,14,18). The van der Waals surface area contributed by atoms with Gasteiger partial charge in [-0.25, -0.2) is 0 Å². The molecule has 94 valence electrons. The molecule has 0 spiro atoms. The number of nitrogens with zero attached hydrogens (tertiary/aromatic N) is 3. The van der Waals surface area contributed by atoms with E-state index < -0.39 is 0 Å². The second-order valence-corrected chi connectivity index (χ2v) is 4.39. The molecular formula is C12H15N5O. The second-order valence-electron chi connectivity index (χ2n) is 4.39. The molecule has 0 fully saturated rings. The van der Waals surface area contributed by atoms with E-state index in [1.54, 1.807) is 12.3 Å². The quantitative estimate of drug-likeness (QED) is 0.816. The van der Waals surface area contributed by atoms with Crippen LogP contribution in [0.5, 0.6) is 0 Å². The molecule has 2 aromatic heterocycles. The van der Waals surface area contributed by atoms with Crippen LogP contribution in [0.2, 0.25) is 0 Å². The van der Waals surface area contributed by atoms with Gasteiger partial charge in [-0.05, 0) is 12.5 Å². The Bertz CT molecular complexity index is 615. The third-order valence-electron chi connectivity index (χ3n) is 3.26. The van der Waals surface area contributed by atoms with Crippen molar-refractivity contribution in [2.24, 2.45) is 0 Å². The minimum absolute atomic E-state index is 0.120. The number of H-pyrrole nitrogens is 1. The highest BCUT2D eigenvalue weighted by Crippen LogP contribution is 2.24. The lowest BCUT2D eigenvalue weighted by Gasteiger charge is -2.23. The third-order valence-corrected chi connectivity index (χ3v) is 3.26. The van der Waals surface area contributed by atoms with E-state index in [9.17, 15) is 4.79 Å². The van der Waals surface area contributed by atoms with Crippen LogP contribution in [0.15, 0.2) is 23.1 Å². The molecule has 0 saturated heterocycles. The van der Waals surface area contributed by atoms with E-state index >= 15 is 0 Å². The highest BCUT2D eigenvalue weighted by atomic mass is 16.1. The Morgan fingerprint density at radius 3 is 3.17 bits per heavy atom. The van der Waals surface area contributed by atoms with E-state index in [-0.39, 0.29) is 11.6 Å². The van der Waals surface area contributed by atoms with Crippen LogP contribution in [0.4, 0.5) is 0 Å². The van der Waals surface area contributed by atoms with Gasteiger partial charge in [0.2, 0.25) is 5.56 Å². The van der Waals surface area contributed by atoms with Crippen LogP contribution in [-0.2, 0) is 6.54 Å². The molecule has 0 saturated carbocycles. The minimum atomic E-state index is -0.120. The number of nitrogens with one attached hydrogen (secondary N) is 2. The maximum Gasteiger partial charge on any atom is 0.248 e. The fraction of sp³-hybridized carbons (Fsp3) is 0.417. The van der Waals surface area contributed by atoms with Crippen molar-refractivity contribution in [3.63, 3.8) is 0 Å². The maximum absolute atomic E-state index is 11.3. The topological polar surface area (TPSA) is 75.6 Å². The van der Waals surface area contributed by atoms with Crippen molar-refractivity contribution in [2.45, 2.75) is 25.9 Å². The van der Waals surface area contributed by atoms with Gasteiger partial charge in [0.1, 0.15) is 0 Å².